The average molecular weight is 828 g/mol. The van der Waals surface area contributed by atoms with Crippen molar-refractivity contribution in [1.29, 1.82) is 0 Å². The molecule has 8 N–H and O–H groups in total. The summed E-state index contributed by atoms with van der Waals surface area (Å²) in [6, 6.07) is -1.18. The number of rotatable bonds is 39. The van der Waals surface area contributed by atoms with Gasteiger partial charge in [-0.3, -0.25) is 4.79 Å². The van der Waals surface area contributed by atoms with Crippen LogP contribution in [-0.4, -0.2) is 110 Å². The summed E-state index contributed by atoms with van der Waals surface area (Å²) in [7, 11) is 0. The number of nitrogens with one attached hydrogen (secondary N) is 1. The highest BCUT2D eigenvalue weighted by molar-refractivity contribution is 5.80. The molecule has 58 heavy (non-hydrogen) atoms. The van der Waals surface area contributed by atoms with E-state index in [2.05, 4.69) is 43.5 Å². The Bertz CT molecular complexity index is 997. The lowest BCUT2D eigenvalue weighted by atomic mass is 9.98. The maximum atomic E-state index is 13.0. The fraction of sp³-hybridized carbons (Fsp3) is 0.894. The summed E-state index contributed by atoms with van der Waals surface area (Å²) in [5, 5.41) is 75.3. The molecule has 9 unspecified atom stereocenters. The molecule has 1 amide bonds. The van der Waals surface area contributed by atoms with Gasteiger partial charge >= 0.3 is 0 Å². The molecule has 11 heteroatoms. The van der Waals surface area contributed by atoms with Crippen molar-refractivity contribution in [2.75, 3.05) is 13.2 Å². The Labute approximate surface area is 353 Å². The minimum atomic E-state index is -1.67. The number of hydrogen-bond donors (Lipinski definition) is 8. The molecule has 0 aromatic heterocycles. The summed E-state index contributed by atoms with van der Waals surface area (Å²) >= 11 is 0. The van der Waals surface area contributed by atoms with E-state index in [1.165, 1.54) is 109 Å². The summed E-state index contributed by atoms with van der Waals surface area (Å²) in [5.41, 5.74) is 0. The highest BCUT2D eigenvalue weighted by atomic mass is 16.7. The van der Waals surface area contributed by atoms with Crippen LogP contribution in [0.1, 0.15) is 200 Å². The summed E-state index contributed by atoms with van der Waals surface area (Å²) in [6.45, 7) is 3.36. The Balaban J connectivity index is 2.33. The molecule has 0 aliphatic carbocycles. The van der Waals surface area contributed by atoms with Crippen molar-refractivity contribution in [3.05, 3.63) is 24.3 Å². The molecule has 1 fully saturated rings. The highest BCUT2D eigenvalue weighted by Gasteiger charge is 2.44. The summed E-state index contributed by atoms with van der Waals surface area (Å²) < 4.78 is 11.0. The highest BCUT2D eigenvalue weighted by Crippen LogP contribution is 2.23. The molecule has 1 aliphatic rings. The van der Waals surface area contributed by atoms with Crippen LogP contribution in [0.15, 0.2) is 24.3 Å². The van der Waals surface area contributed by atoms with Gasteiger partial charge in [-0.1, -0.05) is 160 Å². The van der Waals surface area contributed by atoms with Crippen LogP contribution in [0.4, 0.5) is 0 Å². The number of aliphatic hydroxyl groups is 7. The molecule has 9 atom stereocenters. The second kappa shape index (κ2) is 37.4. The van der Waals surface area contributed by atoms with Crippen LogP contribution in [0.25, 0.3) is 0 Å². The van der Waals surface area contributed by atoms with Crippen molar-refractivity contribution in [2.45, 2.75) is 255 Å². The normalized spacial score (nSPS) is 22.1. The van der Waals surface area contributed by atoms with Crippen molar-refractivity contribution in [3.63, 3.8) is 0 Å². The number of unbranched alkanes of at least 4 members (excludes halogenated alkanes) is 23. The zero-order chi connectivity index (χ0) is 42.6. The molecule has 1 aliphatic heterocycles. The first-order valence-corrected chi connectivity index (χ1v) is 23.7. The molecular formula is C47H89NO10. The van der Waals surface area contributed by atoms with E-state index in [1.807, 2.05) is 0 Å². The van der Waals surface area contributed by atoms with Crippen molar-refractivity contribution in [1.82, 2.24) is 5.32 Å². The van der Waals surface area contributed by atoms with Gasteiger partial charge in [0.05, 0.1) is 25.4 Å². The van der Waals surface area contributed by atoms with Gasteiger partial charge in [0.2, 0.25) is 5.91 Å². The van der Waals surface area contributed by atoms with Gasteiger partial charge in [0, 0.05) is 0 Å². The number of carbonyl (C=O) groups excluding carboxylic acids is 1. The SMILES string of the molecule is CCCCC/C=C/CCCC(O)C(O)C(COC1OC(CO)C(O)C(O)C1O)NC(=O)C(O)CCCCCCCCC/C=C\CCCCCCCCCCCCCC. The Morgan fingerprint density at radius 1 is 0.586 bits per heavy atom. The first-order valence-electron chi connectivity index (χ1n) is 23.7. The van der Waals surface area contributed by atoms with Crippen LogP contribution in [0.2, 0.25) is 0 Å². The Kier molecular flexibility index (Phi) is 35.2. The van der Waals surface area contributed by atoms with E-state index in [0.717, 1.165) is 51.4 Å². The maximum Gasteiger partial charge on any atom is 0.249 e. The van der Waals surface area contributed by atoms with Gasteiger partial charge in [0.25, 0.3) is 0 Å². The lowest BCUT2D eigenvalue weighted by Crippen LogP contribution is -2.60. The molecule has 11 nitrogen and oxygen atoms in total. The third-order valence-corrected chi connectivity index (χ3v) is 11.5. The van der Waals surface area contributed by atoms with Crippen LogP contribution in [0.5, 0.6) is 0 Å². The Hall–Kier alpha value is -1.41. The van der Waals surface area contributed by atoms with Gasteiger partial charge in [0.15, 0.2) is 6.29 Å². The van der Waals surface area contributed by atoms with Gasteiger partial charge in [-0.25, -0.2) is 0 Å². The fourth-order valence-corrected chi connectivity index (χ4v) is 7.49. The molecule has 0 spiro atoms. The third kappa shape index (κ3) is 26.7. The smallest absolute Gasteiger partial charge is 0.249 e. The van der Waals surface area contributed by atoms with E-state index < -0.39 is 74.2 Å². The van der Waals surface area contributed by atoms with E-state index in [9.17, 15) is 40.5 Å². The Morgan fingerprint density at radius 2 is 1.02 bits per heavy atom. The predicted octanol–water partition coefficient (Wildman–Crippen LogP) is 7.84. The van der Waals surface area contributed by atoms with Crippen molar-refractivity contribution in [3.8, 4) is 0 Å². The van der Waals surface area contributed by atoms with Gasteiger partial charge in [-0.05, 0) is 64.2 Å². The van der Waals surface area contributed by atoms with Crippen LogP contribution in [0.3, 0.4) is 0 Å². The van der Waals surface area contributed by atoms with Gasteiger partial charge in [0.1, 0.15) is 36.6 Å². The molecule has 0 saturated carbocycles. The number of aliphatic hydroxyl groups excluding tert-OH is 7. The Morgan fingerprint density at radius 3 is 1.52 bits per heavy atom. The molecular weight excluding hydrogens is 739 g/mol. The largest absolute Gasteiger partial charge is 0.394 e. The van der Waals surface area contributed by atoms with E-state index in [1.54, 1.807) is 0 Å². The second-order valence-electron chi connectivity index (χ2n) is 16.8. The molecule has 0 bridgehead atoms. The zero-order valence-electron chi connectivity index (χ0n) is 36.8. The number of allylic oxidation sites excluding steroid dienone is 4. The van der Waals surface area contributed by atoms with Crippen LogP contribution in [0, 0.1) is 0 Å². The quantitative estimate of drug-likeness (QED) is 0.0224. The predicted molar refractivity (Wildman–Crippen MR) is 233 cm³/mol. The second-order valence-corrected chi connectivity index (χ2v) is 16.8. The van der Waals surface area contributed by atoms with Gasteiger partial charge in [-0.2, -0.15) is 0 Å². The summed E-state index contributed by atoms with van der Waals surface area (Å²) in [6.07, 6.45) is 29.8. The van der Waals surface area contributed by atoms with Crippen LogP contribution >= 0.6 is 0 Å². The molecule has 0 aromatic carbocycles. The van der Waals surface area contributed by atoms with Crippen molar-refractivity contribution in [2.24, 2.45) is 0 Å². The first kappa shape index (κ1) is 54.6. The maximum absolute atomic E-state index is 13.0. The number of amides is 1. The minimum absolute atomic E-state index is 0.249. The van der Waals surface area contributed by atoms with E-state index in [-0.39, 0.29) is 12.8 Å². The molecule has 0 aromatic rings. The summed E-state index contributed by atoms with van der Waals surface area (Å²) in [5.74, 6) is -0.712. The minimum Gasteiger partial charge on any atom is -0.394 e. The average Bonchev–Trinajstić information content (AvgIpc) is 3.22. The van der Waals surface area contributed by atoms with Gasteiger partial charge in [-0.15, -0.1) is 0 Å². The number of hydrogen-bond acceptors (Lipinski definition) is 10. The lowest BCUT2D eigenvalue weighted by Gasteiger charge is -2.40. The van der Waals surface area contributed by atoms with Gasteiger partial charge < -0.3 is 50.5 Å². The summed E-state index contributed by atoms with van der Waals surface area (Å²) in [4.78, 5) is 13.0. The van der Waals surface area contributed by atoms with Crippen molar-refractivity contribution < 1.29 is 50.0 Å². The van der Waals surface area contributed by atoms with Crippen LogP contribution < -0.4 is 5.32 Å². The zero-order valence-corrected chi connectivity index (χ0v) is 36.8. The standard InChI is InChI=1S/C47H89NO10/c1-3-5-7-9-11-13-14-15-16-17-18-19-20-21-22-23-24-25-26-27-29-31-33-35-40(51)46(56)48-38(37-57-47-45(55)44(54)43(53)41(36-49)58-47)42(52)39(50)34-32-30-28-12-10-8-6-4-2/h12,21-22,28,38-45,47,49-55H,3-11,13-20,23-27,29-37H2,1-2H3,(H,48,56)/b22-21-,28-12+. The molecule has 1 heterocycles. The lowest BCUT2D eigenvalue weighted by molar-refractivity contribution is -0.303. The number of carbonyl (C=O) groups is 1. The van der Waals surface area contributed by atoms with Crippen molar-refractivity contribution >= 4 is 5.91 Å². The fourth-order valence-electron chi connectivity index (χ4n) is 7.49. The third-order valence-electron chi connectivity index (χ3n) is 11.5. The molecule has 0 radical (unpaired) electrons. The first-order chi connectivity index (χ1) is 28.2. The van der Waals surface area contributed by atoms with E-state index >= 15 is 0 Å². The topological polar surface area (TPSA) is 189 Å². The molecule has 342 valence electrons. The number of ether oxygens (including phenoxy) is 2. The van der Waals surface area contributed by atoms with E-state index in [4.69, 9.17) is 9.47 Å². The molecule has 1 saturated heterocycles. The van der Waals surface area contributed by atoms with Crippen LogP contribution in [-0.2, 0) is 14.3 Å². The monoisotopic (exact) mass is 828 g/mol. The van der Waals surface area contributed by atoms with E-state index in [0.29, 0.717) is 12.8 Å². The molecule has 1 rings (SSSR count).